The molecule has 5 rings (SSSR count). The summed E-state index contributed by atoms with van der Waals surface area (Å²) in [5.74, 6) is 0.775. The van der Waals surface area contributed by atoms with Gasteiger partial charge in [0.15, 0.2) is 9.84 Å². The number of pyridine rings is 1. The molecule has 0 radical (unpaired) electrons. The van der Waals surface area contributed by atoms with Gasteiger partial charge in [0.05, 0.1) is 28.3 Å². The number of nitrogens with one attached hydrogen (secondary N) is 2. The Balaban J connectivity index is 1.58. The van der Waals surface area contributed by atoms with E-state index in [-0.39, 0.29) is 11.8 Å². The summed E-state index contributed by atoms with van der Waals surface area (Å²) in [6.45, 7) is 4.13. The average Bonchev–Trinajstić information content (AvgIpc) is 3.09. The maximum absolute atomic E-state index is 12.8. The second kappa shape index (κ2) is 7.78. The first kappa shape index (κ1) is 20.2. The van der Waals surface area contributed by atoms with Gasteiger partial charge in [0.2, 0.25) is 0 Å². The van der Waals surface area contributed by atoms with Gasteiger partial charge >= 0.3 is 0 Å². The normalized spacial score (nSPS) is 22.8. The zero-order chi connectivity index (χ0) is 21.6. The van der Waals surface area contributed by atoms with E-state index in [1.165, 1.54) is 0 Å². The Morgan fingerprint density at radius 2 is 2.00 bits per heavy atom. The van der Waals surface area contributed by atoms with E-state index in [4.69, 9.17) is 4.98 Å². The number of aryl methyl sites for hydroxylation is 1. The molecule has 0 spiro atoms. The second-order valence-corrected chi connectivity index (χ2v) is 10.5. The third kappa shape index (κ3) is 3.86. The molecule has 3 heterocycles. The highest BCUT2D eigenvalue weighted by molar-refractivity contribution is 7.91. The molecule has 8 heteroatoms. The maximum atomic E-state index is 12.8. The smallest absolute Gasteiger partial charge is 0.180 e. The maximum Gasteiger partial charge on any atom is 0.180 e. The van der Waals surface area contributed by atoms with Gasteiger partial charge in [0, 0.05) is 43.3 Å². The molecule has 31 heavy (non-hydrogen) atoms. The number of aromatic nitrogens is 1. The standard InChI is InChI=1S/C23H26N4O3S/c1-15-6-7-18-17(10-15)19(25-20-12-24-13-21(20)28)11-23(26-18)27-8-9-31(29,30)22-5-3-2-4-16(22)14-27/h2-7,10-11,20-21,24,28H,8-9,12-14H2,1H3,(H,25,26)/t20-,21-/m1/s1. The number of hydrogen-bond donors (Lipinski definition) is 3. The van der Waals surface area contributed by atoms with Crippen molar-refractivity contribution in [3.63, 3.8) is 0 Å². The number of fused-ring (bicyclic) bond motifs is 2. The molecule has 3 N–H and O–H groups in total. The van der Waals surface area contributed by atoms with Crippen molar-refractivity contribution in [1.29, 1.82) is 0 Å². The number of nitrogens with zero attached hydrogens (tertiary/aromatic N) is 2. The van der Waals surface area contributed by atoms with Crippen molar-refractivity contribution in [2.45, 2.75) is 30.5 Å². The van der Waals surface area contributed by atoms with Gasteiger partial charge in [-0.3, -0.25) is 0 Å². The van der Waals surface area contributed by atoms with E-state index in [1.807, 2.05) is 42.2 Å². The molecule has 1 saturated heterocycles. The number of anilines is 2. The van der Waals surface area contributed by atoms with Crippen LogP contribution in [0.15, 0.2) is 53.4 Å². The zero-order valence-corrected chi connectivity index (χ0v) is 18.2. The Labute approximate surface area is 182 Å². The quantitative estimate of drug-likeness (QED) is 0.576. The van der Waals surface area contributed by atoms with Crippen LogP contribution in [-0.4, -0.2) is 56.0 Å². The predicted octanol–water partition coefficient (Wildman–Crippen LogP) is 2.08. The lowest BCUT2D eigenvalue weighted by Crippen LogP contribution is -2.32. The Kier molecular flexibility index (Phi) is 5.08. The van der Waals surface area contributed by atoms with Crippen LogP contribution >= 0.6 is 0 Å². The fourth-order valence-corrected chi connectivity index (χ4v) is 5.88. The van der Waals surface area contributed by atoms with Crippen LogP contribution in [0.5, 0.6) is 0 Å². The summed E-state index contributed by atoms with van der Waals surface area (Å²) >= 11 is 0. The van der Waals surface area contributed by atoms with Crippen LogP contribution in [0.4, 0.5) is 11.5 Å². The lowest BCUT2D eigenvalue weighted by Gasteiger charge is -2.25. The molecular weight excluding hydrogens is 412 g/mol. The van der Waals surface area contributed by atoms with Crippen molar-refractivity contribution in [2.75, 3.05) is 35.6 Å². The first-order valence-corrected chi connectivity index (χ1v) is 12.2. The summed E-state index contributed by atoms with van der Waals surface area (Å²) in [6, 6.07) is 15.2. The van der Waals surface area contributed by atoms with Gasteiger partial charge in [-0.05, 0) is 30.7 Å². The Morgan fingerprint density at radius 3 is 2.81 bits per heavy atom. The second-order valence-electron chi connectivity index (χ2n) is 8.37. The minimum atomic E-state index is -3.33. The predicted molar refractivity (Wildman–Crippen MR) is 122 cm³/mol. The van der Waals surface area contributed by atoms with Crippen LogP contribution in [0.1, 0.15) is 11.1 Å². The number of benzene rings is 2. The largest absolute Gasteiger partial charge is 0.390 e. The molecule has 162 valence electrons. The van der Waals surface area contributed by atoms with Crippen LogP contribution in [0.25, 0.3) is 10.9 Å². The van der Waals surface area contributed by atoms with Crippen LogP contribution < -0.4 is 15.5 Å². The van der Waals surface area contributed by atoms with E-state index in [2.05, 4.69) is 16.7 Å². The van der Waals surface area contributed by atoms with E-state index in [9.17, 15) is 13.5 Å². The highest BCUT2D eigenvalue weighted by Gasteiger charge is 2.28. The van der Waals surface area contributed by atoms with Gasteiger partial charge in [0.1, 0.15) is 5.82 Å². The molecule has 0 saturated carbocycles. The van der Waals surface area contributed by atoms with Crippen LogP contribution in [0, 0.1) is 6.92 Å². The van der Waals surface area contributed by atoms with Gasteiger partial charge in [0.25, 0.3) is 0 Å². The van der Waals surface area contributed by atoms with E-state index in [0.29, 0.717) is 31.1 Å². The Hall–Kier alpha value is -2.68. The summed E-state index contributed by atoms with van der Waals surface area (Å²) in [7, 11) is -3.33. The lowest BCUT2D eigenvalue weighted by molar-refractivity contribution is 0.185. The molecule has 2 atom stereocenters. The monoisotopic (exact) mass is 438 g/mol. The molecule has 2 aliphatic heterocycles. The van der Waals surface area contributed by atoms with Crippen molar-refractivity contribution < 1.29 is 13.5 Å². The third-order valence-electron chi connectivity index (χ3n) is 6.10. The van der Waals surface area contributed by atoms with E-state index in [0.717, 1.165) is 33.5 Å². The van der Waals surface area contributed by atoms with Gasteiger partial charge in [-0.1, -0.05) is 29.8 Å². The Bertz CT molecular complexity index is 1240. The summed E-state index contributed by atoms with van der Waals surface area (Å²) in [6.07, 6.45) is -0.466. The SMILES string of the molecule is Cc1ccc2nc(N3CCS(=O)(=O)c4ccccc4C3)cc(N[C@@H]3CNC[C@H]3O)c2c1. The van der Waals surface area contributed by atoms with Gasteiger partial charge < -0.3 is 20.6 Å². The summed E-state index contributed by atoms with van der Waals surface area (Å²) < 4.78 is 25.5. The molecule has 2 aromatic carbocycles. The third-order valence-corrected chi connectivity index (χ3v) is 7.88. The number of hydrogen-bond acceptors (Lipinski definition) is 7. The molecule has 3 aromatic rings. The molecule has 0 aliphatic carbocycles. The molecular formula is C23H26N4O3S. The molecule has 0 unspecified atom stereocenters. The molecule has 0 bridgehead atoms. The van der Waals surface area contributed by atoms with E-state index in [1.54, 1.807) is 12.1 Å². The highest BCUT2D eigenvalue weighted by Crippen LogP contribution is 2.32. The summed E-state index contributed by atoms with van der Waals surface area (Å²) in [4.78, 5) is 7.30. The van der Waals surface area contributed by atoms with Crippen molar-refractivity contribution in [3.05, 3.63) is 59.7 Å². The molecule has 7 nitrogen and oxygen atoms in total. The first-order chi connectivity index (χ1) is 14.9. The number of β-amino-alcohol motifs (C(OH)–C–C–N with tert-alkyl or cyclic N) is 1. The van der Waals surface area contributed by atoms with E-state index < -0.39 is 15.9 Å². The van der Waals surface area contributed by atoms with Crippen LogP contribution in [-0.2, 0) is 16.4 Å². The summed E-state index contributed by atoms with van der Waals surface area (Å²) in [5, 5.41) is 18.0. The van der Waals surface area contributed by atoms with Crippen molar-refractivity contribution in [3.8, 4) is 0 Å². The van der Waals surface area contributed by atoms with Crippen molar-refractivity contribution >= 4 is 32.2 Å². The number of aliphatic hydroxyl groups excluding tert-OH is 1. The van der Waals surface area contributed by atoms with Gasteiger partial charge in [-0.15, -0.1) is 0 Å². The average molecular weight is 439 g/mol. The topological polar surface area (TPSA) is 94.6 Å². The zero-order valence-electron chi connectivity index (χ0n) is 17.4. The van der Waals surface area contributed by atoms with E-state index >= 15 is 0 Å². The molecule has 1 aromatic heterocycles. The van der Waals surface area contributed by atoms with Crippen molar-refractivity contribution in [2.24, 2.45) is 0 Å². The number of aliphatic hydroxyl groups is 1. The Morgan fingerprint density at radius 1 is 1.16 bits per heavy atom. The summed E-state index contributed by atoms with van der Waals surface area (Å²) in [5.41, 5.74) is 3.66. The van der Waals surface area contributed by atoms with Crippen LogP contribution in [0.3, 0.4) is 0 Å². The van der Waals surface area contributed by atoms with Gasteiger partial charge in [-0.2, -0.15) is 0 Å². The first-order valence-electron chi connectivity index (χ1n) is 10.5. The highest BCUT2D eigenvalue weighted by atomic mass is 32.2. The fraction of sp³-hybridized carbons (Fsp3) is 0.348. The van der Waals surface area contributed by atoms with Gasteiger partial charge in [-0.25, -0.2) is 13.4 Å². The fourth-order valence-electron chi connectivity index (χ4n) is 4.38. The molecule has 2 aliphatic rings. The van der Waals surface area contributed by atoms with Crippen molar-refractivity contribution in [1.82, 2.24) is 10.3 Å². The van der Waals surface area contributed by atoms with Crippen LogP contribution in [0.2, 0.25) is 0 Å². The minimum absolute atomic E-state index is 0.0473. The number of rotatable bonds is 3. The lowest BCUT2D eigenvalue weighted by atomic mass is 10.1. The minimum Gasteiger partial charge on any atom is -0.390 e. The molecule has 1 fully saturated rings. The number of sulfone groups is 1. The molecule has 0 amide bonds.